The molecule has 0 aliphatic rings. The molecule has 3 aromatic carbocycles. The van der Waals surface area contributed by atoms with Gasteiger partial charge in [-0.25, -0.2) is 4.79 Å². The first kappa shape index (κ1) is 22.5. The van der Waals surface area contributed by atoms with Crippen LogP contribution in [-0.2, 0) is 17.6 Å². The van der Waals surface area contributed by atoms with Crippen molar-refractivity contribution in [1.29, 1.82) is 0 Å². The number of nitrogens with one attached hydrogen (secondary N) is 1. The Morgan fingerprint density at radius 3 is 2.18 bits per heavy atom. The number of aryl methyl sites for hydroxylation is 3. The number of hydrogen-bond donors (Lipinski definition) is 1. The summed E-state index contributed by atoms with van der Waals surface area (Å²) in [4.78, 5) is 27.0. The van der Waals surface area contributed by atoms with Gasteiger partial charge < -0.3 is 10.1 Å². The van der Waals surface area contributed by atoms with E-state index in [9.17, 15) is 9.59 Å². The number of amides is 1. The maximum Gasteiger partial charge on any atom is 0.341 e. The van der Waals surface area contributed by atoms with Gasteiger partial charge in [-0.05, 0) is 42.5 Å². The average Bonchev–Trinajstić information content (AvgIpc) is 3.18. The molecule has 0 bridgehead atoms. The fourth-order valence-corrected chi connectivity index (χ4v) is 5.00. The minimum Gasteiger partial charge on any atom is -0.465 e. The van der Waals surface area contributed by atoms with Gasteiger partial charge in [-0.15, -0.1) is 11.3 Å². The van der Waals surface area contributed by atoms with Crippen molar-refractivity contribution in [2.75, 3.05) is 12.4 Å². The maximum absolute atomic E-state index is 13.3. The summed E-state index contributed by atoms with van der Waals surface area (Å²) < 4.78 is 5.07. The van der Waals surface area contributed by atoms with Crippen molar-refractivity contribution in [2.45, 2.75) is 19.8 Å². The first-order valence-corrected chi connectivity index (χ1v) is 11.6. The number of thiophene rings is 1. The highest BCUT2D eigenvalue weighted by atomic mass is 32.1. The summed E-state index contributed by atoms with van der Waals surface area (Å²) in [7, 11) is 1.36. The minimum atomic E-state index is -0.467. The van der Waals surface area contributed by atoms with E-state index in [1.165, 1.54) is 24.0 Å². The molecule has 0 aliphatic heterocycles. The van der Waals surface area contributed by atoms with Gasteiger partial charge >= 0.3 is 5.97 Å². The minimum absolute atomic E-state index is 0.232. The number of carbonyl (C=O) groups is 2. The molecule has 4 nitrogen and oxygen atoms in total. The van der Waals surface area contributed by atoms with Crippen LogP contribution in [0.2, 0.25) is 0 Å². The van der Waals surface area contributed by atoms with Crippen LogP contribution in [-0.4, -0.2) is 19.0 Å². The Hall–Kier alpha value is -3.70. The fourth-order valence-electron chi connectivity index (χ4n) is 3.94. The zero-order chi connectivity index (χ0) is 23.2. The molecule has 5 heteroatoms. The van der Waals surface area contributed by atoms with Crippen molar-refractivity contribution in [3.63, 3.8) is 0 Å². The van der Waals surface area contributed by atoms with Crippen LogP contribution in [0.25, 0.3) is 11.1 Å². The average molecular weight is 456 g/mol. The van der Waals surface area contributed by atoms with Gasteiger partial charge in [0.15, 0.2) is 0 Å². The summed E-state index contributed by atoms with van der Waals surface area (Å²) in [5.41, 5.74) is 4.89. The molecular weight excluding hydrogens is 430 g/mol. The lowest BCUT2D eigenvalue weighted by Crippen LogP contribution is -2.16. The van der Waals surface area contributed by atoms with Crippen molar-refractivity contribution < 1.29 is 14.3 Å². The summed E-state index contributed by atoms with van der Waals surface area (Å²) in [6, 6.07) is 27.5. The Labute approximate surface area is 197 Å². The summed E-state index contributed by atoms with van der Waals surface area (Å²) in [5, 5.41) is 3.49. The predicted molar refractivity (Wildman–Crippen MR) is 134 cm³/mol. The van der Waals surface area contributed by atoms with Crippen molar-refractivity contribution in [3.8, 4) is 11.1 Å². The van der Waals surface area contributed by atoms with Gasteiger partial charge in [0.2, 0.25) is 0 Å². The van der Waals surface area contributed by atoms with Crippen LogP contribution < -0.4 is 5.32 Å². The molecule has 0 radical (unpaired) electrons. The lowest BCUT2D eigenvalue weighted by Gasteiger charge is -2.11. The first-order valence-electron chi connectivity index (χ1n) is 10.8. The number of benzene rings is 3. The van der Waals surface area contributed by atoms with E-state index in [0.717, 1.165) is 34.4 Å². The summed E-state index contributed by atoms with van der Waals surface area (Å²) in [6.45, 7) is 1.95. The Morgan fingerprint density at radius 2 is 1.48 bits per heavy atom. The van der Waals surface area contributed by atoms with E-state index in [4.69, 9.17) is 4.74 Å². The normalized spacial score (nSPS) is 10.6. The molecule has 0 fully saturated rings. The van der Waals surface area contributed by atoms with E-state index in [0.29, 0.717) is 16.1 Å². The summed E-state index contributed by atoms with van der Waals surface area (Å²) in [5.74, 6) is -0.699. The second-order valence-corrected chi connectivity index (χ2v) is 8.92. The van der Waals surface area contributed by atoms with Crippen LogP contribution in [0.3, 0.4) is 0 Å². The maximum atomic E-state index is 13.3. The third kappa shape index (κ3) is 5.04. The third-order valence-corrected chi connectivity index (χ3v) is 6.57. The molecule has 4 aromatic rings. The lowest BCUT2D eigenvalue weighted by molar-refractivity contribution is 0.0603. The van der Waals surface area contributed by atoms with E-state index in [2.05, 4.69) is 17.4 Å². The lowest BCUT2D eigenvalue weighted by atomic mass is 9.99. The number of anilines is 1. The van der Waals surface area contributed by atoms with Crippen molar-refractivity contribution in [1.82, 2.24) is 0 Å². The van der Waals surface area contributed by atoms with E-state index in [1.54, 1.807) is 0 Å². The Kier molecular flexibility index (Phi) is 7.01. The molecule has 0 atom stereocenters. The summed E-state index contributed by atoms with van der Waals surface area (Å²) in [6.07, 6.45) is 1.59. The third-order valence-electron chi connectivity index (χ3n) is 5.55. The Bertz CT molecular complexity index is 1260. The topological polar surface area (TPSA) is 55.4 Å². The Balaban J connectivity index is 1.64. The molecule has 166 valence electrons. The standard InChI is InChI=1S/C28H25NO3S/c1-19-24(22-14-7-4-8-15-22)25(28(31)32-2)27(33-19)29-26(30)23-16-10-9-13-21(23)18-17-20-11-5-3-6-12-20/h3-16H,17-18H2,1-2H3,(H,29,30). The van der Waals surface area contributed by atoms with Crippen molar-refractivity contribution >= 4 is 28.2 Å². The van der Waals surface area contributed by atoms with Gasteiger partial charge in [-0.3, -0.25) is 4.79 Å². The van der Waals surface area contributed by atoms with E-state index < -0.39 is 5.97 Å². The summed E-state index contributed by atoms with van der Waals surface area (Å²) >= 11 is 1.39. The molecule has 1 aromatic heterocycles. The largest absolute Gasteiger partial charge is 0.465 e. The highest BCUT2D eigenvalue weighted by Crippen LogP contribution is 2.40. The quantitative estimate of drug-likeness (QED) is 0.322. The molecule has 0 unspecified atom stereocenters. The highest BCUT2D eigenvalue weighted by Gasteiger charge is 2.25. The van der Waals surface area contributed by atoms with Crippen LogP contribution >= 0.6 is 11.3 Å². The molecule has 33 heavy (non-hydrogen) atoms. The number of hydrogen-bond acceptors (Lipinski definition) is 4. The molecule has 0 aliphatic carbocycles. The van der Waals surface area contributed by atoms with Crippen molar-refractivity contribution in [3.05, 3.63) is 112 Å². The number of ether oxygens (including phenoxy) is 1. The van der Waals surface area contributed by atoms with Crippen LogP contribution in [0, 0.1) is 6.92 Å². The molecule has 0 spiro atoms. The van der Waals surface area contributed by atoms with Gasteiger partial charge in [0.05, 0.1) is 7.11 Å². The van der Waals surface area contributed by atoms with Gasteiger partial charge in [-0.1, -0.05) is 78.9 Å². The van der Waals surface area contributed by atoms with E-state index >= 15 is 0 Å². The smallest absolute Gasteiger partial charge is 0.341 e. The number of esters is 1. The monoisotopic (exact) mass is 455 g/mol. The van der Waals surface area contributed by atoms with Crippen LogP contribution in [0.1, 0.15) is 36.7 Å². The van der Waals surface area contributed by atoms with Gasteiger partial charge in [0, 0.05) is 16.0 Å². The SMILES string of the molecule is COC(=O)c1c(NC(=O)c2ccccc2CCc2ccccc2)sc(C)c1-c1ccccc1. The zero-order valence-corrected chi connectivity index (χ0v) is 19.4. The second-order valence-electron chi connectivity index (χ2n) is 7.69. The number of carbonyl (C=O) groups excluding carboxylic acids is 2. The fraction of sp³-hybridized carbons (Fsp3) is 0.143. The molecule has 1 heterocycles. The van der Waals surface area contributed by atoms with E-state index in [-0.39, 0.29) is 5.91 Å². The molecule has 1 N–H and O–H groups in total. The van der Waals surface area contributed by atoms with Crippen molar-refractivity contribution in [2.24, 2.45) is 0 Å². The van der Waals surface area contributed by atoms with Gasteiger partial charge in [-0.2, -0.15) is 0 Å². The number of methoxy groups -OCH3 is 1. The van der Waals surface area contributed by atoms with Gasteiger partial charge in [0.1, 0.15) is 10.6 Å². The van der Waals surface area contributed by atoms with E-state index in [1.807, 2.05) is 79.7 Å². The second kappa shape index (κ2) is 10.3. The van der Waals surface area contributed by atoms with Gasteiger partial charge in [0.25, 0.3) is 5.91 Å². The molecule has 0 saturated heterocycles. The molecule has 1 amide bonds. The molecule has 0 saturated carbocycles. The molecule has 4 rings (SSSR count). The van der Waals surface area contributed by atoms with Crippen LogP contribution in [0.15, 0.2) is 84.9 Å². The zero-order valence-electron chi connectivity index (χ0n) is 18.6. The Morgan fingerprint density at radius 1 is 0.848 bits per heavy atom. The first-order chi connectivity index (χ1) is 16.1. The predicted octanol–water partition coefficient (Wildman–Crippen LogP) is 6.55. The van der Waals surface area contributed by atoms with Crippen LogP contribution in [0.4, 0.5) is 5.00 Å². The molecular formula is C28H25NO3S. The van der Waals surface area contributed by atoms with Crippen LogP contribution in [0.5, 0.6) is 0 Å². The highest BCUT2D eigenvalue weighted by molar-refractivity contribution is 7.17. The number of rotatable bonds is 7.